The van der Waals surface area contributed by atoms with Crippen molar-refractivity contribution in [3.8, 4) is 22.3 Å². The van der Waals surface area contributed by atoms with Crippen LogP contribution in [0.2, 0.25) is 0 Å². The van der Waals surface area contributed by atoms with Crippen molar-refractivity contribution in [2.45, 2.75) is 13.5 Å². The van der Waals surface area contributed by atoms with Crippen molar-refractivity contribution in [1.29, 1.82) is 0 Å². The van der Waals surface area contributed by atoms with Crippen molar-refractivity contribution in [3.63, 3.8) is 0 Å². The first-order valence-electron chi connectivity index (χ1n) is 10.5. The zero-order valence-electron chi connectivity index (χ0n) is 18.4. The van der Waals surface area contributed by atoms with Crippen LogP contribution < -0.4 is 5.32 Å². The van der Waals surface area contributed by atoms with Crippen molar-refractivity contribution in [2.24, 2.45) is 0 Å². The Balaban J connectivity index is 1.60. The molecule has 0 atom stereocenters. The minimum atomic E-state index is -3.00. The number of carbonyl (C=O) groups is 1. The molecule has 0 aliphatic heterocycles. The van der Waals surface area contributed by atoms with Crippen LogP contribution in [0.15, 0.2) is 60.7 Å². The second-order valence-electron chi connectivity index (χ2n) is 8.09. The molecule has 0 fully saturated rings. The fourth-order valence-electron chi connectivity index (χ4n) is 3.85. The highest BCUT2D eigenvalue weighted by molar-refractivity contribution is 7.90. The summed E-state index contributed by atoms with van der Waals surface area (Å²) in [5.74, 6) is -0.244. The number of fused-ring (bicyclic) bond motifs is 1. The molecule has 0 spiro atoms. The summed E-state index contributed by atoms with van der Waals surface area (Å²) in [5.41, 5.74) is 6.17. The van der Waals surface area contributed by atoms with E-state index in [-0.39, 0.29) is 11.3 Å². The highest BCUT2D eigenvalue weighted by Crippen LogP contribution is 2.30. The Morgan fingerprint density at radius 2 is 1.73 bits per heavy atom. The van der Waals surface area contributed by atoms with Gasteiger partial charge in [-0.25, -0.2) is 18.2 Å². The summed E-state index contributed by atoms with van der Waals surface area (Å²) in [6.45, 7) is 2.76. The van der Waals surface area contributed by atoms with Gasteiger partial charge in [0.2, 0.25) is 0 Å². The van der Waals surface area contributed by atoms with E-state index in [1.807, 2.05) is 54.6 Å². The molecule has 1 aromatic heterocycles. The molecule has 8 heteroatoms. The van der Waals surface area contributed by atoms with Gasteiger partial charge in [-0.15, -0.1) is 0 Å². The normalized spacial score (nSPS) is 11.7. The Hall–Kier alpha value is -3.49. The summed E-state index contributed by atoms with van der Waals surface area (Å²) in [7, 11) is -3.00. The molecule has 0 aliphatic carbocycles. The first kappa shape index (κ1) is 22.7. The number of sulfone groups is 1. The highest BCUT2D eigenvalue weighted by atomic mass is 32.2. The van der Waals surface area contributed by atoms with Gasteiger partial charge in [0.25, 0.3) is 0 Å². The molecule has 33 heavy (non-hydrogen) atoms. The smallest absolute Gasteiger partial charge is 0.337 e. The Kier molecular flexibility index (Phi) is 6.31. The molecule has 0 radical (unpaired) electrons. The number of nitrogens with one attached hydrogen (secondary N) is 2. The van der Waals surface area contributed by atoms with Crippen LogP contribution >= 0.6 is 0 Å². The first-order chi connectivity index (χ1) is 15.7. The Morgan fingerprint density at radius 3 is 2.42 bits per heavy atom. The number of aromatic amines is 1. The van der Waals surface area contributed by atoms with Gasteiger partial charge in [0.15, 0.2) is 0 Å². The Bertz CT molecular complexity index is 1420. The molecule has 0 saturated carbocycles. The number of benzene rings is 3. The standard InChI is InChI=1S/C25H25N3O4S/c1-16-27-23-14-20(13-22(25(29)30)24(23)28-16)17-7-9-18(10-8-17)21-6-4-3-5-19(21)15-26-11-12-33(2,31)32/h3-10,13-14,26H,11-12,15H2,1-2H3,(H,27,28)(H,29,30). The molecular formula is C25H25N3O4S. The molecule has 4 rings (SSSR count). The van der Waals surface area contributed by atoms with E-state index in [2.05, 4.69) is 15.3 Å². The molecular weight excluding hydrogens is 438 g/mol. The van der Waals surface area contributed by atoms with Crippen LogP contribution in [-0.4, -0.2) is 48.0 Å². The summed E-state index contributed by atoms with van der Waals surface area (Å²) < 4.78 is 22.7. The zero-order valence-corrected chi connectivity index (χ0v) is 19.2. The van der Waals surface area contributed by atoms with Crippen LogP contribution in [0.4, 0.5) is 0 Å². The number of nitrogens with zero attached hydrogens (tertiary/aromatic N) is 1. The van der Waals surface area contributed by atoms with E-state index in [9.17, 15) is 18.3 Å². The number of H-pyrrole nitrogens is 1. The maximum atomic E-state index is 11.8. The first-order valence-corrected chi connectivity index (χ1v) is 12.6. The predicted octanol–water partition coefficient (Wildman–Crippen LogP) is 4.04. The number of aromatic carboxylic acids is 1. The average molecular weight is 464 g/mol. The van der Waals surface area contributed by atoms with Gasteiger partial charge in [-0.05, 0) is 46.9 Å². The zero-order chi connectivity index (χ0) is 23.6. The number of carboxylic acids is 1. The molecule has 0 unspecified atom stereocenters. The third kappa shape index (κ3) is 5.30. The molecule has 0 saturated heterocycles. The van der Waals surface area contributed by atoms with E-state index in [1.165, 1.54) is 6.26 Å². The van der Waals surface area contributed by atoms with E-state index in [0.29, 0.717) is 29.9 Å². The lowest BCUT2D eigenvalue weighted by Gasteiger charge is -2.12. The van der Waals surface area contributed by atoms with Gasteiger partial charge in [0, 0.05) is 19.3 Å². The second-order valence-corrected chi connectivity index (χ2v) is 10.3. The lowest BCUT2D eigenvalue weighted by molar-refractivity contribution is 0.0699. The number of hydrogen-bond acceptors (Lipinski definition) is 5. The largest absolute Gasteiger partial charge is 0.478 e. The van der Waals surface area contributed by atoms with Gasteiger partial charge in [0.05, 0.1) is 16.8 Å². The van der Waals surface area contributed by atoms with E-state index in [4.69, 9.17) is 0 Å². The highest BCUT2D eigenvalue weighted by Gasteiger charge is 2.15. The van der Waals surface area contributed by atoms with E-state index in [1.54, 1.807) is 13.0 Å². The van der Waals surface area contributed by atoms with Crippen molar-refractivity contribution in [1.82, 2.24) is 15.3 Å². The average Bonchev–Trinajstić information content (AvgIpc) is 3.15. The molecule has 3 aromatic carbocycles. The van der Waals surface area contributed by atoms with Gasteiger partial charge >= 0.3 is 5.97 Å². The van der Waals surface area contributed by atoms with Gasteiger partial charge in [0.1, 0.15) is 21.2 Å². The Labute approximate surface area is 192 Å². The van der Waals surface area contributed by atoms with Gasteiger partial charge < -0.3 is 15.4 Å². The third-order valence-corrected chi connectivity index (χ3v) is 6.39. The monoisotopic (exact) mass is 463 g/mol. The Morgan fingerprint density at radius 1 is 1.03 bits per heavy atom. The minimum absolute atomic E-state index is 0.0996. The van der Waals surface area contributed by atoms with Crippen LogP contribution in [0.3, 0.4) is 0 Å². The molecule has 0 bridgehead atoms. The fourth-order valence-corrected chi connectivity index (χ4v) is 4.36. The minimum Gasteiger partial charge on any atom is -0.478 e. The molecule has 3 N–H and O–H groups in total. The van der Waals surface area contributed by atoms with Crippen LogP contribution in [0, 0.1) is 6.92 Å². The number of hydrogen-bond donors (Lipinski definition) is 3. The second kappa shape index (κ2) is 9.17. The topological polar surface area (TPSA) is 112 Å². The number of imidazole rings is 1. The van der Waals surface area contributed by atoms with Crippen molar-refractivity contribution in [2.75, 3.05) is 18.6 Å². The predicted molar refractivity (Wildman–Crippen MR) is 130 cm³/mol. The lowest BCUT2D eigenvalue weighted by Crippen LogP contribution is -2.22. The van der Waals surface area contributed by atoms with Crippen LogP contribution in [-0.2, 0) is 16.4 Å². The maximum absolute atomic E-state index is 11.8. The van der Waals surface area contributed by atoms with Crippen LogP contribution in [0.25, 0.3) is 33.3 Å². The molecule has 7 nitrogen and oxygen atoms in total. The SMILES string of the molecule is Cc1nc2c(C(=O)O)cc(-c3ccc(-c4ccccc4CNCCS(C)(=O)=O)cc3)cc2[nH]1. The van der Waals surface area contributed by atoms with Crippen LogP contribution in [0.5, 0.6) is 0 Å². The number of aromatic nitrogens is 2. The summed E-state index contributed by atoms with van der Waals surface area (Å²) in [5, 5.41) is 12.8. The van der Waals surface area contributed by atoms with Gasteiger partial charge in [-0.3, -0.25) is 0 Å². The van der Waals surface area contributed by atoms with E-state index < -0.39 is 15.8 Å². The fraction of sp³-hybridized carbons (Fsp3) is 0.200. The quantitative estimate of drug-likeness (QED) is 0.340. The molecule has 0 aliphatic rings. The number of rotatable bonds is 8. The summed E-state index contributed by atoms with van der Waals surface area (Å²) in [6.07, 6.45) is 1.23. The molecule has 4 aromatic rings. The lowest BCUT2D eigenvalue weighted by atomic mass is 9.96. The number of carboxylic acid groups (broad SMARTS) is 1. The van der Waals surface area contributed by atoms with Gasteiger partial charge in [-0.1, -0.05) is 48.5 Å². The van der Waals surface area contributed by atoms with Crippen molar-refractivity contribution >= 4 is 26.8 Å². The van der Waals surface area contributed by atoms with Crippen molar-refractivity contribution in [3.05, 3.63) is 77.6 Å². The third-order valence-electron chi connectivity index (χ3n) is 5.45. The van der Waals surface area contributed by atoms with E-state index in [0.717, 1.165) is 27.8 Å². The summed E-state index contributed by atoms with van der Waals surface area (Å²) in [6, 6.07) is 19.5. The van der Waals surface area contributed by atoms with E-state index >= 15 is 0 Å². The maximum Gasteiger partial charge on any atom is 0.337 e. The summed E-state index contributed by atoms with van der Waals surface area (Å²) >= 11 is 0. The van der Waals surface area contributed by atoms with Crippen molar-refractivity contribution < 1.29 is 18.3 Å². The molecule has 0 amide bonds. The molecule has 1 heterocycles. The van der Waals surface area contributed by atoms with Crippen LogP contribution in [0.1, 0.15) is 21.7 Å². The number of aryl methyl sites for hydroxylation is 1. The van der Waals surface area contributed by atoms with Gasteiger partial charge in [-0.2, -0.15) is 0 Å². The molecule has 170 valence electrons. The summed E-state index contributed by atoms with van der Waals surface area (Å²) in [4.78, 5) is 19.2.